The van der Waals surface area contributed by atoms with Crippen LogP contribution in [0.5, 0.6) is 0 Å². The second kappa shape index (κ2) is 5.00. The highest BCUT2D eigenvalue weighted by atomic mass is 16.5. The maximum absolute atomic E-state index is 10.8. The van der Waals surface area contributed by atoms with E-state index in [-0.39, 0.29) is 12.2 Å². The number of aliphatic hydroxyl groups is 4. The SMILES string of the molecule is CC(=O)CC1O[C@H](CO)[C@@H](O)[C@H](O)[C@H]1O. The van der Waals surface area contributed by atoms with Crippen molar-refractivity contribution >= 4 is 5.78 Å². The molecule has 1 aliphatic heterocycles. The van der Waals surface area contributed by atoms with Crippen molar-refractivity contribution in [3.8, 4) is 0 Å². The molecule has 0 saturated carbocycles. The van der Waals surface area contributed by atoms with Crippen molar-refractivity contribution in [1.82, 2.24) is 0 Å². The summed E-state index contributed by atoms with van der Waals surface area (Å²) in [5, 5.41) is 37.2. The number of Topliss-reactive ketones (excluding diaryl/α,β-unsaturated/α-hetero) is 1. The average Bonchev–Trinajstić information content (AvgIpc) is 2.18. The molecule has 4 N–H and O–H groups in total. The maximum atomic E-state index is 10.8. The molecule has 0 amide bonds. The zero-order valence-electron chi connectivity index (χ0n) is 8.41. The highest BCUT2D eigenvalue weighted by Crippen LogP contribution is 2.23. The molecule has 88 valence electrons. The van der Waals surface area contributed by atoms with Crippen LogP contribution in [-0.2, 0) is 9.53 Å². The fourth-order valence-corrected chi connectivity index (χ4v) is 1.63. The lowest BCUT2D eigenvalue weighted by atomic mass is 9.93. The van der Waals surface area contributed by atoms with Crippen molar-refractivity contribution in [2.24, 2.45) is 0 Å². The summed E-state index contributed by atoms with van der Waals surface area (Å²) in [6.07, 6.45) is -5.95. The Balaban J connectivity index is 2.69. The molecule has 0 aromatic carbocycles. The molecule has 1 fully saturated rings. The van der Waals surface area contributed by atoms with E-state index in [1.807, 2.05) is 0 Å². The minimum atomic E-state index is -1.40. The van der Waals surface area contributed by atoms with E-state index in [1.54, 1.807) is 0 Å². The minimum absolute atomic E-state index is 0.0541. The smallest absolute Gasteiger partial charge is 0.132 e. The largest absolute Gasteiger partial charge is 0.394 e. The van der Waals surface area contributed by atoms with Gasteiger partial charge in [0.2, 0.25) is 0 Å². The standard InChI is InChI=1S/C9H16O6/c1-4(11)2-5-7(12)9(14)8(13)6(3-10)15-5/h5-10,12-14H,2-3H2,1H3/t5?,6-,7+,8-,9-/m1/s1. The molecule has 1 aliphatic rings. The maximum Gasteiger partial charge on any atom is 0.132 e. The van der Waals surface area contributed by atoms with Gasteiger partial charge in [-0.1, -0.05) is 0 Å². The van der Waals surface area contributed by atoms with Crippen LogP contribution in [0.3, 0.4) is 0 Å². The Morgan fingerprint density at radius 3 is 2.13 bits per heavy atom. The van der Waals surface area contributed by atoms with Gasteiger partial charge in [0.05, 0.1) is 12.7 Å². The Bertz CT molecular complexity index is 229. The number of rotatable bonds is 3. The van der Waals surface area contributed by atoms with Crippen LogP contribution in [0.4, 0.5) is 0 Å². The van der Waals surface area contributed by atoms with Gasteiger partial charge in [-0.2, -0.15) is 0 Å². The molecular formula is C9H16O6. The minimum Gasteiger partial charge on any atom is -0.394 e. The number of hydrogen-bond donors (Lipinski definition) is 4. The normalized spacial score (nSPS) is 41.5. The monoisotopic (exact) mass is 220 g/mol. The molecule has 0 aromatic rings. The average molecular weight is 220 g/mol. The Labute approximate surface area is 87.1 Å². The Morgan fingerprint density at radius 2 is 1.67 bits per heavy atom. The summed E-state index contributed by atoms with van der Waals surface area (Å²) < 4.78 is 5.11. The number of aliphatic hydroxyl groups excluding tert-OH is 4. The van der Waals surface area contributed by atoms with Crippen LogP contribution in [0, 0.1) is 0 Å². The molecule has 5 atom stereocenters. The lowest BCUT2D eigenvalue weighted by Crippen LogP contribution is -2.58. The molecular weight excluding hydrogens is 204 g/mol. The van der Waals surface area contributed by atoms with Crippen molar-refractivity contribution in [3.63, 3.8) is 0 Å². The summed E-state index contributed by atoms with van der Waals surface area (Å²) in [6, 6.07) is 0. The number of hydrogen-bond acceptors (Lipinski definition) is 6. The van der Waals surface area contributed by atoms with E-state index in [2.05, 4.69) is 0 Å². The summed E-state index contributed by atoms with van der Waals surface area (Å²) in [7, 11) is 0. The van der Waals surface area contributed by atoms with Crippen LogP contribution in [0.15, 0.2) is 0 Å². The lowest BCUT2D eigenvalue weighted by Gasteiger charge is -2.39. The number of carbonyl (C=O) groups excluding carboxylic acids is 1. The van der Waals surface area contributed by atoms with Crippen LogP contribution in [0.2, 0.25) is 0 Å². The Morgan fingerprint density at radius 1 is 1.13 bits per heavy atom. The van der Waals surface area contributed by atoms with Crippen molar-refractivity contribution < 1.29 is 30.0 Å². The van der Waals surface area contributed by atoms with Crippen molar-refractivity contribution in [3.05, 3.63) is 0 Å². The first-order valence-corrected chi connectivity index (χ1v) is 4.77. The fourth-order valence-electron chi connectivity index (χ4n) is 1.63. The van der Waals surface area contributed by atoms with Crippen LogP contribution in [-0.4, -0.2) is 63.3 Å². The third kappa shape index (κ3) is 2.73. The van der Waals surface area contributed by atoms with Gasteiger partial charge >= 0.3 is 0 Å². The molecule has 1 unspecified atom stereocenters. The lowest BCUT2D eigenvalue weighted by molar-refractivity contribution is -0.229. The van der Waals surface area contributed by atoms with Gasteiger partial charge in [-0.25, -0.2) is 0 Å². The molecule has 6 heteroatoms. The molecule has 6 nitrogen and oxygen atoms in total. The highest BCUT2D eigenvalue weighted by molar-refractivity contribution is 5.76. The summed E-state index contributed by atoms with van der Waals surface area (Å²) in [4.78, 5) is 10.8. The van der Waals surface area contributed by atoms with Gasteiger partial charge in [-0.15, -0.1) is 0 Å². The fraction of sp³-hybridized carbons (Fsp3) is 0.889. The molecule has 1 rings (SSSR count). The van der Waals surface area contributed by atoms with Crippen molar-refractivity contribution in [1.29, 1.82) is 0 Å². The molecule has 0 radical (unpaired) electrons. The molecule has 0 aromatic heterocycles. The van der Waals surface area contributed by atoms with Gasteiger partial charge in [0.15, 0.2) is 0 Å². The first kappa shape index (κ1) is 12.5. The number of ketones is 1. The second-order valence-corrected chi connectivity index (χ2v) is 3.77. The van der Waals surface area contributed by atoms with E-state index in [1.165, 1.54) is 6.92 Å². The van der Waals surface area contributed by atoms with Gasteiger partial charge in [0.1, 0.15) is 30.2 Å². The Kier molecular flexibility index (Phi) is 4.18. The molecule has 1 saturated heterocycles. The van der Waals surface area contributed by atoms with Crippen LogP contribution in [0.25, 0.3) is 0 Å². The second-order valence-electron chi connectivity index (χ2n) is 3.77. The topological polar surface area (TPSA) is 107 Å². The van der Waals surface area contributed by atoms with E-state index < -0.39 is 37.1 Å². The molecule has 0 bridgehead atoms. The summed E-state index contributed by atoms with van der Waals surface area (Å²) in [5.74, 6) is -0.195. The first-order chi connectivity index (χ1) is 6.97. The van der Waals surface area contributed by atoms with Gasteiger partial charge < -0.3 is 25.2 Å². The quantitative estimate of drug-likeness (QED) is 0.430. The Hall–Kier alpha value is -0.530. The van der Waals surface area contributed by atoms with Gasteiger partial charge in [-0.05, 0) is 6.92 Å². The van der Waals surface area contributed by atoms with Crippen molar-refractivity contribution in [2.75, 3.05) is 6.61 Å². The van der Waals surface area contributed by atoms with Crippen molar-refractivity contribution in [2.45, 2.75) is 43.9 Å². The molecule has 0 aliphatic carbocycles. The molecule has 1 heterocycles. The van der Waals surface area contributed by atoms with E-state index >= 15 is 0 Å². The molecule has 15 heavy (non-hydrogen) atoms. The number of ether oxygens (including phenoxy) is 1. The highest BCUT2D eigenvalue weighted by Gasteiger charge is 2.43. The third-order valence-corrected chi connectivity index (χ3v) is 2.48. The van der Waals surface area contributed by atoms with E-state index in [0.717, 1.165) is 0 Å². The summed E-state index contributed by atoms with van der Waals surface area (Å²) >= 11 is 0. The van der Waals surface area contributed by atoms with Crippen LogP contribution < -0.4 is 0 Å². The number of carbonyl (C=O) groups is 1. The zero-order chi connectivity index (χ0) is 11.6. The van der Waals surface area contributed by atoms with Gasteiger partial charge in [-0.3, -0.25) is 4.79 Å². The van der Waals surface area contributed by atoms with Gasteiger partial charge in [0, 0.05) is 6.42 Å². The van der Waals surface area contributed by atoms with E-state index in [9.17, 15) is 20.1 Å². The summed E-state index contributed by atoms with van der Waals surface area (Å²) in [5.41, 5.74) is 0. The van der Waals surface area contributed by atoms with E-state index in [0.29, 0.717) is 0 Å². The van der Waals surface area contributed by atoms with Crippen LogP contribution >= 0.6 is 0 Å². The van der Waals surface area contributed by atoms with Crippen LogP contribution in [0.1, 0.15) is 13.3 Å². The van der Waals surface area contributed by atoms with Gasteiger partial charge in [0.25, 0.3) is 0 Å². The first-order valence-electron chi connectivity index (χ1n) is 4.77. The predicted molar refractivity (Wildman–Crippen MR) is 49.1 cm³/mol. The molecule has 0 spiro atoms. The third-order valence-electron chi connectivity index (χ3n) is 2.48. The zero-order valence-corrected chi connectivity index (χ0v) is 8.41. The summed E-state index contributed by atoms with van der Waals surface area (Å²) in [6.45, 7) is 0.862. The van der Waals surface area contributed by atoms with E-state index in [4.69, 9.17) is 9.84 Å². The predicted octanol–water partition coefficient (Wildman–Crippen LogP) is -2.19.